The lowest BCUT2D eigenvalue weighted by molar-refractivity contribution is 0.191. The van der Waals surface area contributed by atoms with Crippen molar-refractivity contribution in [3.05, 3.63) is 97.0 Å². The van der Waals surface area contributed by atoms with Crippen molar-refractivity contribution in [1.29, 1.82) is 0 Å². The van der Waals surface area contributed by atoms with Crippen molar-refractivity contribution < 1.29 is 9.53 Å². The van der Waals surface area contributed by atoms with Gasteiger partial charge in [-0.2, -0.15) is 0 Å². The number of carbonyl (C=O) groups is 1. The Kier molecular flexibility index (Phi) is 5.77. The molecule has 1 fully saturated rings. The minimum atomic E-state index is -0.0649. The van der Waals surface area contributed by atoms with E-state index >= 15 is 0 Å². The summed E-state index contributed by atoms with van der Waals surface area (Å²) < 4.78 is 7.61. The second-order valence-electron chi connectivity index (χ2n) is 9.25. The van der Waals surface area contributed by atoms with Crippen LogP contribution in [0, 0.1) is 0 Å². The van der Waals surface area contributed by atoms with E-state index in [2.05, 4.69) is 40.2 Å². The molecule has 1 aliphatic heterocycles. The molecule has 6 heteroatoms. The molecule has 5 aromatic rings. The number of anilines is 1. The van der Waals surface area contributed by atoms with E-state index in [4.69, 9.17) is 9.72 Å². The number of methoxy groups -OCH3 is 1. The Morgan fingerprint density at radius 3 is 2.75 bits per heavy atom. The SMILES string of the molecule is COc1cccc(-c2nc([C@@H]3CCCN(C(=O)Nc4cccc5ccccc45)C3)n3ccccc23)c1. The summed E-state index contributed by atoms with van der Waals surface area (Å²) in [4.78, 5) is 20.4. The van der Waals surface area contributed by atoms with Gasteiger partial charge >= 0.3 is 6.03 Å². The van der Waals surface area contributed by atoms with E-state index in [1.54, 1.807) is 7.11 Å². The molecule has 0 spiro atoms. The average Bonchev–Trinajstić information content (AvgIpc) is 3.33. The number of hydrogen-bond acceptors (Lipinski definition) is 3. The number of ether oxygens (including phenoxy) is 1. The number of imidazole rings is 1. The van der Waals surface area contributed by atoms with Gasteiger partial charge in [0.15, 0.2) is 0 Å². The standard InChI is InChI=1S/C30H28N4O2/c1-36-24-13-6-11-22(19-24)28-27-16-4-5-18-34(27)29(32-28)23-12-8-17-33(20-23)30(35)31-26-15-7-10-21-9-2-3-14-25(21)26/h2-7,9-11,13-16,18-19,23H,8,12,17,20H2,1H3,(H,31,35)/t23-/m1/s1. The van der Waals surface area contributed by atoms with Gasteiger partial charge in [-0.1, -0.05) is 54.6 Å². The summed E-state index contributed by atoms with van der Waals surface area (Å²) in [6.45, 7) is 1.36. The molecular formula is C30H28N4O2. The fraction of sp³-hybridized carbons (Fsp3) is 0.200. The predicted molar refractivity (Wildman–Crippen MR) is 144 cm³/mol. The molecule has 180 valence electrons. The van der Waals surface area contributed by atoms with Crippen LogP contribution in [-0.4, -0.2) is 40.5 Å². The number of rotatable bonds is 4. The first-order valence-corrected chi connectivity index (χ1v) is 12.4. The monoisotopic (exact) mass is 476 g/mol. The van der Waals surface area contributed by atoms with Gasteiger partial charge in [-0.05, 0) is 48.6 Å². The predicted octanol–water partition coefficient (Wildman–Crippen LogP) is 6.57. The van der Waals surface area contributed by atoms with Gasteiger partial charge in [0.1, 0.15) is 11.6 Å². The van der Waals surface area contributed by atoms with Crippen LogP contribution in [0.5, 0.6) is 5.75 Å². The third-order valence-corrected chi connectivity index (χ3v) is 7.02. The third kappa shape index (κ3) is 4.05. The summed E-state index contributed by atoms with van der Waals surface area (Å²) >= 11 is 0. The number of fused-ring (bicyclic) bond motifs is 2. The number of carbonyl (C=O) groups excluding carboxylic acids is 1. The van der Waals surface area contributed by atoms with Gasteiger partial charge < -0.3 is 19.4 Å². The highest BCUT2D eigenvalue weighted by atomic mass is 16.5. The Morgan fingerprint density at radius 2 is 1.83 bits per heavy atom. The molecule has 0 saturated carbocycles. The summed E-state index contributed by atoms with van der Waals surface area (Å²) in [6.07, 6.45) is 3.99. The topological polar surface area (TPSA) is 58.9 Å². The lowest BCUT2D eigenvalue weighted by atomic mass is 9.97. The van der Waals surface area contributed by atoms with Crippen LogP contribution in [0.3, 0.4) is 0 Å². The molecule has 0 aliphatic carbocycles. The van der Waals surface area contributed by atoms with Crippen LogP contribution in [0.1, 0.15) is 24.6 Å². The first-order valence-electron chi connectivity index (χ1n) is 12.4. The van der Waals surface area contributed by atoms with Crippen LogP contribution in [-0.2, 0) is 0 Å². The number of amides is 2. The molecule has 6 nitrogen and oxygen atoms in total. The largest absolute Gasteiger partial charge is 0.497 e. The fourth-order valence-electron chi connectivity index (χ4n) is 5.23. The fourth-order valence-corrected chi connectivity index (χ4v) is 5.23. The average molecular weight is 477 g/mol. The molecule has 6 rings (SSSR count). The second kappa shape index (κ2) is 9.38. The molecule has 1 atom stereocenters. The summed E-state index contributed by atoms with van der Waals surface area (Å²) in [6, 6.07) is 28.2. The minimum absolute atomic E-state index is 0.0649. The second-order valence-corrected chi connectivity index (χ2v) is 9.25. The molecule has 0 radical (unpaired) electrons. The number of hydrogen-bond donors (Lipinski definition) is 1. The minimum Gasteiger partial charge on any atom is -0.497 e. The van der Waals surface area contributed by atoms with Gasteiger partial charge in [0, 0.05) is 36.2 Å². The number of aromatic nitrogens is 2. The quantitative estimate of drug-likeness (QED) is 0.319. The van der Waals surface area contributed by atoms with Crippen LogP contribution < -0.4 is 10.1 Å². The molecule has 0 bridgehead atoms. The molecule has 36 heavy (non-hydrogen) atoms. The Bertz CT molecular complexity index is 1550. The number of benzene rings is 3. The maximum absolute atomic E-state index is 13.3. The molecule has 1 N–H and O–H groups in total. The van der Waals surface area contributed by atoms with E-state index in [9.17, 15) is 4.79 Å². The zero-order valence-corrected chi connectivity index (χ0v) is 20.2. The summed E-state index contributed by atoms with van der Waals surface area (Å²) in [7, 11) is 1.68. The molecule has 0 unspecified atom stereocenters. The van der Waals surface area contributed by atoms with Gasteiger partial charge in [-0.15, -0.1) is 0 Å². The van der Waals surface area contributed by atoms with E-state index < -0.39 is 0 Å². The van der Waals surface area contributed by atoms with Crippen LogP contribution in [0.4, 0.5) is 10.5 Å². The normalized spacial score (nSPS) is 15.8. The first kappa shape index (κ1) is 22.2. The van der Waals surface area contributed by atoms with Crippen molar-refractivity contribution in [2.75, 3.05) is 25.5 Å². The maximum Gasteiger partial charge on any atom is 0.321 e. The Morgan fingerprint density at radius 1 is 1.00 bits per heavy atom. The number of piperidine rings is 1. The van der Waals surface area contributed by atoms with Crippen LogP contribution in [0.25, 0.3) is 27.5 Å². The van der Waals surface area contributed by atoms with Gasteiger partial charge in [0.2, 0.25) is 0 Å². The molecule has 1 saturated heterocycles. The molecular weight excluding hydrogens is 448 g/mol. The first-order chi connectivity index (χ1) is 17.7. The summed E-state index contributed by atoms with van der Waals surface area (Å²) in [5, 5.41) is 5.31. The number of likely N-dealkylation sites (tertiary alicyclic amines) is 1. The lowest BCUT2D eigenvalue weighted by Crippen LogP contribution is -2.42. The number of urea groups is 1. The van der Waals surface area contributed by atoms with Crippen molar-refractivity contribution in [3.63, 3.8) is 0 Å². The van der Waals surface area contributed by atoms with Crippen LogP contribution in [0.2, 0.25) is 0 Å². The highest BCUT2D eigenvalue weighted by molar-refractivity contribution is 6.01. The summed E-state index contributed by atoms with van der Waals surface area (Å²) in [5.41, 5.74) is 3.84. The lowest BCUT2D eigenvalue weighted by Gasteiger charge is -2.32. The molecule has 3 aromatic carbocycles. The van der Waals surface area contributed by atoms with Crippen LogP contribution >= 0.6 is 0 Å². The van der Waals surface area contributed by atoms with Crippen molar-refractivity contribution in [2.45, 2.75) is 18.8 Å². The highest BCUT2D eigenvalue weighted by Gasteiger charge is 2.29. The van der Waals surface area contributed by atoms with Gasteiger partial charge in [0.05, 0.1) is 24.0 Å². The molecule has 3 heterocycles. The van der Waals surface area contributed by atoms with E-state index in [0.717, 1.165) is 64.2 Å². The maximum atomic E-state index is 13.3. The summed E-state index contributed by atoms with van der Waals surface area (Å²) in [5.74, 6) is 1.94. The Labute approximate surface area is 210 Å². The van der Waals surface area contributed by atoms with E-state index in [0.29, 0.717) is 6.54 Å². The van der Waals surface area contributed by atoms with Gasteiger partial charge in [-0.3, -0.25) is 0 Å². The number of pyridine rings is 1. The Hall–Kier alpha value is -4.32. The van der Waals surface area contributed by atoms with Crippen molar-refractivity contribution in [3.8, 4) is 17.0 Å². The van der Waals surface area contributed by atoms with E-state index in [1.165, 1.54) is 0 Å². The van der Waals surface area contributed by atoms with Crippen molar-refractivity contribution >= 4 is 28.0 Å². The van der Waals surface area contributed by atoms with E-state index in [1.807, 2.05) is 65.6 Å². The number of nitrogens with zero attached hydrogens (tertiary/aromatic N) is 3. The zero-order chi connectivity index (χ0) is 24.5. The van der Waals surface area contributed by atoms with Crippen LogP contribution in [0.15, 0.2) is 91.1 Å². The van der Waals surface area contributed by atoms with Crippen molar-refractivity contribution in [1.82, 2.24) is 14.3 Å². The molecule has 2 amide bonds. The Balaban J connectivity index is 1.29. The smallest absolute Gasteiger partial charge is 0.321 e. The van der Waals surface area contributed by atoms with Gasteiger partial charge in [0.25, 0.3) is 0 Å². The highest BCUT2D eigenvalue weighted by Crippen LogP contribution is 2.33. The number of nitrogens with one attached hydrogen (secondary N) is 1. The molecule has 2 aromatic heterocycles. The van der Waals surface area contributed by atoms with Gasteiger partial charge in [-0.25, -0.2) is 9.78 Å². The zero-order valence-electron chi connectivity index (χ0n) is 20.2. The molecule has 1 aliphatic rings. The third-order valence-electron chi connectivity index (χ3n) is 7.02. The van der Waals surface area contributed by atoms with Crippen molar-refractivity contribution in [2.24, 2.45) is 0 Å². The van der Waals surface area contributed by atoms with E-state index in [-0.39, 0.29) is 11.9 Å².